The van der Waals surface area contributed by atoms with Gasteiger partial charge in [-0.2, -0.15) is 0 Å². The molecule has 4 nitrogen and oxygen atoms in total. The standard InChI is InChI=1S/C9H11N3O/c1-6(2)7-5-12-8(10-7)3-4-9(13)11-12/h3-6H,1-2H3,(H,11,13). The van der Waals surface area contributed by atoms with Crippen molar-refractivity contribution in [1.82, 2.24) is 14.6 Å². The Bertz CT molecular complexity index is 481. The van der Waals surface area contributed by atoms with Gasteiger partial charge in [0, 0.05) is 6.07 Å². The zero-order valence-corrected chi connectivity index (χ0v) is 7.61. The number of hydrogen-bond acceptors (Lipinski definition) is 2. The van der Waals surface area contributed by atoms with Gasteiger partial charge in [-0.3, -0.25) is 9.89 Å². The molecule has 13 heavy (non-hydrogen) atoms. The van der Waals surface area contributed by atoms with Gasteiger partial charge in [-0.15, -0.1) is 0 Å². The minimum Gasteiger partial charge on any atom is -0.268 e. The van der Waals surface area contributed by atoms with Crippen molar-refractivity contribution in [2.45, 2.75) is 19.8 Å². The van der Waals surface area contributed by atoms with Crippen LogP contribution in [0.1, 0.15) is 25.5 Å². The molecule has 0 bridgehead atoms. The summed E-state index contributed by atoms with van der Waals surface area (Å²) in [6.45, 7) is 4.14. The van der Waals surface area contributed by atoms with E-state index in [9.17, 15) is 4.79 Å². The Morgan fingerprint density at radius 1 is 1.46 bits per heavy atom. The monoisotopic (exact) mass is 177 g/mol. The minimum atomic E-state index is -0.111. The molecule has 2 aromatic heterocycles. The third-order valence-electron chi connectivity index (χ3n) is 1.96. The first-order valence-corrected chi connectivity index (χ1v) is 4.25. The van der Waals surface area contributed by atoms with Gasteiger partial charge in [0.05, 0.1) is 11.9 Å². The molecule has 0 aliphatic carbocycles. The summed E-state index contributed by atoms with van der Waals surface area (Å²) < 4.78 is 1.65. The van der Waals surface area contributed by atoms with Gasteiger partial charge >= 0.3 is 0 Å². The van der Waals surface area contributed by atoms with Gasteiger partial charge < -0.3 is 0 Å². The number of nitrogens with one attached hydrogen (secondary N) is 1. The predicted molar refractivity (Wildman–Crippen MR) is 49.9 cm³/mol. The fraction of sp³-hybridized carbons (Fsp3) is 0.333. The van der Waals surface area contributed by atoms with Gasteiger partial charge in [-0.05, 0) is 12.0 Å². The van der Waals surface area contributed by atoms with Crippen LogP contribution in [-0.4, -0.2) is 14.6 Å². The van der Waals surface area contributed by atoms with Gasteiger partial charge in [0.2, 0.25) is 0 Å². The molecule has 2 heterocycles. The number of rotatable bonds is 1. The van der Waals surface area contributed by atoms with E-state index in [1.807, 2.05) is 6.20 Å². The maximum atomic E-state index is 11.0. The number of fused-ring (bicyclic) bond motifs is 1. The lowest BCUT2D eigenvalue weighted by molar-refractivity contribution is 0.827. The van der Waals surface area contributed by atoms with Gasteiger partial charge in [0.25, 0.3) is 5.56 Å². The van der Waals surface area contributed by atoms with Crippen LogP contribution >= 0.6 is 0 Å². The number of aromatic amines is 1. The topological polar surface area (TPSA) is 50.2 Å². The van der Waals surface area contributed by atoms with E-state index >= 15 is 0 Å². The van der Waals surface area contributed by atoms with Crippen LogP contribution in [0.5, 0.6) is 0 Å². The van der Waals surface area contributed by atoms with Crippen molar-refractivity contribution in [1.29, 1.82) is 0 Å². The Morgan fingerprint density at radius 2 is 2.23 bits per heavy atom. The molecule has 0 spiro atoms. The van der Waals surface area contributed by atoms with E-state index in [1.165, 1.54) is 6.07 Å². The molecule has 0 aliphatic heterocycles. The molecule has 0 atom stereocenters. The number of hydrogen-bond donors (Lipinski definition) is 1. The fourth-order valence-electron chi connectivity index (χ4n) is 1.20. The lowest BCUT2D eigenvalue weighted by Crippen LogP contribution is -2.07. The van der Waals surface area contributed by atoms with E-state index < -0.39 is 0 Å². The normalized spacial score (nSPS) is 11.3. The van der Waals surface area contributed by atoms with Crippen LogP contribution in [0.4, 0.5) is 0 Å². The van der Waals surface area contributed by atoms with Gasteiger partial charge in [-0.1, -0.05) is 13.8 Å². The van der Waals surface area contributed by atoms with Crippen molar-refractivity contribution in [3.05, 3.63) is 34.4 Å². The van der Waals surface area contributed by atoms with Crippen molar-refractivity contribution < 1.29 is 0 Å². The third kappa shape index (κ3) is 1.35. The first kappa shape index (κ1) is 8.04. The zero-order chi connectivity index (χ0) is 9.42. The Hall–Kier alpha value is -1.58. The second-order valence-corrected chi connectivity index (χ2v) is 3.36. The van der Waals surface area contributed by atoms with Gasteiger partial charge in [-0.25, -0.2) is 9.50 Å². The van der Waals surface area contributed by atoms with E-state index in [4.69, 9.17) is 0 Å². The molecular weight excluding hydrogens is 166 g/mol. The molecule has 2 aromatic rings. The molecule has 4 heteroatoms. The van der Waals surface area contributed by atoms with Crippen molar-refractivity contribution in [2.75, 3.05) is 0 Å². The minimum absolute atomic E-state index is 0.111. The van der Waals surface area contributed by atoms with Gasteiger partial charge in [0.1, 0.15) is 0 Å². The molecular formula is C9H11N3O. The van der Waals surface area contributed by atoms with Crippen molar-refractivity contribution in [3.8, 4) is 0 Å². The molecule has 0 saturated heterocycles. The van der Waals surface area contributed by atoms with Crippen LogP contribution in [-0.2, 0) is 0 Å². The van der Waals surface area contributed by atoms with Crippen LogP contribution in [0, 0.1) is 0 Å². The summed E-state index contributed by atoms with van der Waals surface area (Å²) in [5.74, 6) is 0.378. The fourth-order valence-corrected chi connectivity index (χ4v) is 1.20. The maximum absolute atomic E-state index is 11.0. The SMILES string of the molecule is CC(C)c1cn2[nH]c(=O)ccc2n1. The highest BCUT2D eigenvalue weighted by Crippen LogP contribution is 2.12. The highest BCUT2D eigenvalue weighted by molar-refractivity contribution is 5.37. The summed E-state index contributed by atoms with van der Waals surface area (Å²) in [6.07, 6.45) is 1.85. The summed E-state index contributed by atoms with van der Waals surface area (Å²) in [4.78, 5) is 15.3. The molecule has 0 saturated carbocycles. The number of nitrogens with zero attached hydrogens (tertiary/aromatic N) is 2. The summed E-state index contributed by atoms with van der Waals surface area (Å²) in [5.41, 5.74) is 1.66. The van der Waals surface area contributed by atoms with Crippen LogP contribution in [0.15, 0.2) is 23.1 Å². The molecule has 1 N–H and O–H groups in total. The van der Waals surface area contributed by atoms with E-state index in [0.29, 0.717) is 5.92 Å². The number of H-pyrrole nitrogens is 1. The average molecular weight is 177 g/mol. The van der Waals surface area contributed by atoms with E-state index in [0.717, 1.165) is 11.3 Å². The largest absolute Gasteiger partial charge is 0.268 e. The van der Waals surface area contributed by atoms with Crippen LogP contribution < -0.4 is 5.56 Å². The highest BCUT2D eigenvalue weighted by Gasteiger charge is 2.04. The van der Waals surface area contributed by atoms with Crippen molar-refractivity contribution in [3.63, 3.8) is 0 Å². The number of imidazole rings is 1. The number of aromatic nitrogens is 3. The summed E-state index contributed by atoms with van der Waals surface area (Å²) in [7, 11) is 0. The molecule has 0 aliphatic rings. The maximum Gasteiger partial charge on any atom is 0.262 e. The molecule has 2 rings (SSSR count). The summed E-state index contributed by atoms with van der Waals surface area (Å²) in [6, 6.07) is 3.19. The molecule has 0 radical (unpaired) electrons. The second kappa shape index (κ2) is 2.73. The third-order valence-corrected chi connectivity index (χ3v) is 1.96. The Balaban J connectivity index is 2.69. The summed E-state index contributed by atoms with van der Waals surface area (Å²) >= 11 is 0. The molecule has 0 amide bonds. The highest BCUT2D eigenvalue weighted by atomic mass is 16.1. The second-order valence-electron chi connectivity index (χ2n) is 3.36. The smallest absolute Gasteiger partial charge is 0.262 e. The predicted octanol–water partition coefficient (Wildman–Crippen LogP) is 1.15. The zero-order valence-electron chi connectivity index (χ0n) is 7.61. The first-order valence-electron chi connectivity index (χ1n) is 4.25. The van der Waals surface area contributed by atoms with Crippen LogP contribution in [0.2, 0.25) is 0 Å². The Morgan fingerprint density at radius 3 is 2.92 bits per heavy atom. The summed E-state index contributed by atoms with van der Waals surface area (Å²) in [5, 5.41) is 2.66. The molecule has 0 aromatic carbocycles. The average Bonchev–Trinajstić information content (AvgIpc) is 2.46. The van der Waals surface area contributed by atoms with E-state index in [2.05, 4.69) is 23.9 Å². The Labute approximate surface area is 75.2 Å². The van der Waals surface area contributed by atoms with Crippen molar-refractivity contribution >= 4 is 5.65 Å². The van der Waals surface area contributed by atoms with Crippen LogP contribution in [0.3, 0.4) is 0 Å². The lowest BCUT2D eigenvalue weighted by Gasteiger charge is -1.94. The quantitative estimate of drug-likeness (QED) is 0.710. The Kier molecular flexibility index (Phi) is 1.69. The molecule has 0 fully saturated rings. The first-order chi connectivity index (χ1) is 6.16. The van der Waals surface area contributed by atoms with E-state index in [-0.39, 0.29) is 5.56 Å². The van der Waals surface area contributed by atoms with Crippen molar-refractivity contribution in [2.24, 2.45) is 0 Å². The van der Waals surface area contributed by atoms with E-state index in [1.54, 1.807) is 10.6 Å². The van der Waals surface area contributed by atoms with Crippen LogP contribution in [0.25, 0.3) is 5.65 Å². The lowest BCUT2D eigenvalue weighted by atomic mass is 10.2. The van der Waals surface area contributed by atoms with Gasteiger partial charge in [0.15, 0.2) is 5.65 Å². The molecule has 68 valence electrons. The molecule has 0 unspecified atom stereocenters.